The quantitative estimate of drug-likeness (QED) is 0.495. The summed E-state index contributed by atoms with van der Waals surface area (Å²) in [6.07, 6.45) is 0.165. The molecule has 1 fully saturated rings. The number of esters is 1. The van der Waals surface area contributed by atoms with Gasteiger partial charge in [0.2, 0.25) is 5.60 Å². The molecule has 3 nitrogen and oxygen atoms in total. The van der Waals surface area contributed by atoms with Crippen LogP contribution >= 0.6 is 0 Å². The first-order valence-corrected chi connectivity index (χ1v) is 10.7. The first kappa shape index (κ1) is 19.6. The van der Waals surface area contributed by atoms with Crippen LogP contribution in [0, 0.1) is 18.3 Å². The molecule has 1 aliphatic carbocycles. The number of ether oxygens (including phenoxy) is 1. The Morgan fingerprint density at radius 3 is 2.35 bits per heavy atom. The Hall–Kier alpha value is -3.38. The second-order valence-electron chi connectivity index (χ2n) is 9.58. The number of benzene rings is 3. The third-order valence-electron chi connectivity index (χ3n) is 7.34. The number of hydrogen-bond donors (Lipinski definition) is 0. The normalized spacial score (nSPS) is 25.5. The summed E-state index contributed by atoms with van der Waals surface area (Å²) in [7, 11) is 0. The van der Waals surface area contributed by atoms with Gasteiger partial charge in [-0.2, -0.15) is 5.26 Å². The zero-order valence-corrected chi connectivity index (χ0v) is 18.3. The van der Waals surface area contributed by atoms with E-state index in [1.54, 1.807) is 0 Å². The van der Waals surface area contributed by atoms with E-state index in [-0.39, 0.29) is 17.8 Å². The smallest absolute Gasteiger partial charge is 0.308 e. The summed E-state index contributed by atoms with van der Waals surface area (Å²) in [4.78, 5) is 12.6. The molecule has 2 aliphatic rings. The van der Waals surface area contributed by atoms with Crippen LogP contribution in [0.3, 0.4) is 0 Å². The average molecular weight is 408 g/mol. The van der Waals surface area contributed by atoms with E-state index in [4.69, 9.17) is 4.74 Å². The van der Waals surface area contributed by atoms with Crippen LogP contribution in [0.5, 0.6) is 0 Å². The van der Waals surface area contributed by atoms with Crippen LogP contribution in [-0.4, -0.2) is 5.97 Å². The van der Waals surface area contributed by atoms with E-state index in [1.165, 1.54) is 22.3 Å². The number of hydrogen-bond acceptors (Lipinski definition) is 3. The molecular weight excluding hydrogens is 382 g/mol. The molecule has 0 radical (unpaired) electrons. The van der Waals surface area contributed by atoms with Gasteiger partial charge in [-0.1, -0.05) is 86.1 Å². The lowest BCUT2D eigenvalue weighted by Gasteiger charge is -2.37. The summed E-state index contributed by atoms with van der Waals surface area (Å²) in [5.41, 5.74) is 5.42. The fourth-order valence-corrected chi connectivity index (χ4v) is 5.55. The van der Waals surface area contributed by atoms with Gasteiger partial charge in [0.25, 0.3) is 0 Å². The Balaban J connectivity index is 1.74. The highest BCUT2D eigenvalue weighted by atomic mass is 16.6. The van der Waals surface area contributed by atoms with Crippen LogP contribution in [0.2, 0.25) is 0 Å². The highest BCUT2D eigenvalue weighted by Gasteiger charge is 2.61. The van der Waals surface area contributed by atoms with Crippen molar-refractivity contribution in [3.05, 3.63) is 94.5 Å². The minimum atomic E-state index is -1.36. The maximum Gasteiger partial charge on any atom is 0.308 e. The molecule has 154 valence electrons. The first-order chi connectivity index (χ1) is 14.7. The molecule has 0 saturated carbocycles. The van der Waals surface area contributed by atoms with Crippen LogP contribution in [0.25, 0.3) is 11.1 Å². The SMILES string of the molecule is Cc1cccc([C@]2(C#N)OC(=O)C[C@@]2(C)c2ccc3c(c2)-c2ccccc2C3(C)C)c1. The number of fused-ring (bicyclic) bond motifs is 3. The minimum Gasteiger partial charge on any atom is -0.438 e. The number of carbonyl (C=O) groups excluding carboxylic acids is 1. The molecule has 1 saturated heterocycles. The predicted octanol–water partition coefficient (Wildman–Crippen LogP) is 5.93. The number of nitrogens with zero attached hydrogens (tertiary/aromatic N) is 1. The molecule has 0 aromatic heterocycles. The zero-order valence-electron chi connectivity index (χ0n) is 18.3. The van der Waals surface area contributed by atoms with Crippen LogP contribution in [-0.2, 0) is 26.0 Å². The van der Waals surface area contributed by atoms with E-state index in [0.29, 0.717) is 0 Å². The number of nitriles is 1. The van der Waals surface area contributed by atoms with Crippen molar-refractivity contribution >= 4 is 5.97 Å². The largest absolute Gasteiger partial charge is 0.438 e. The molecule has 0 spiro atoms. The Morgan fingerprint density at radius 2 is 1.61 bits per heavy atom. The standard InChI is InChI=1S/C28H25NO2/c1-18-8-7-9-20(14-18)28(17-29)27(4,16-25(30)31-28)19-12-13-24-22(15-19)21-10-5-6-11-23(21)26(24,2)3/h5-15H,16H2,1-4H3/t27-,28-/m0/s1. The van der Waals surface area contributed by atoms with E-state index >= 15 is 0 Å². The third kappa shape index (κ3) is 2.48. The minimum absolute atomic E-state index is 0.0871. The molecule has 0 N–H and O–H groups in total. The van der Waals surface area contributed by atoms with Gasteiger partial charge in [-0.25, -0.2) is 0 Å². The summed E-state index contributed by atoms with van der Waals surface area (Å²) < 4.78 is 5.84. The Labute approximate surface area is 183 Å². The topological polar surface area (TPSA) is 50.1 Å². The van der Waals surface area contributed by atoms with Crippen LogP contribution < -0.4 is 0 Å². The molecule has 31 heavy (non-hydrogen) atoms. The molecule has 0 unspecified atom stereocenters. The van der Waals surface area contributed by atoms with E-state index in [9.17, 15) is 10.1 Å². The van der Waals surface area contributed by atoms with Gasteiger partial charge in [0.05, 0.1) is 11.8 Å². The molecule has 5 rings (SSSR count). The molecule has 0 bridgehead atoms. The highest BCUT2D eigenvalue weighted by molar-refractivity contribution is 5.83. The van der Waals surface area contributed by atoms with Crippen molar-refractivity contribution in [3.8, 4) is 17.2 Å². The fraction of sp³-hybridized carbons (Fsp3) is 0.286. The van der Waals surface area contributed by atoms with Crippen molar-refractivity contribution in [2.75, 3.05) is 0 Å². The van der Waals surface area contributed by atoms with Gasteiger partial charge in [-0.3, -0.25) is 4.79 Å². The summed E-state index contributed by atoms with van der Waals surface area (Å²) in [6.45, 7) is 8.45. The van der Waals surface area contributed by atoms with Gasteiger partial charge in [0.15, 0.2) is 0 Å². The molecule has 3 aromatic carbocycles. The van der Waals surface area contributed by atoms with Crippen molar-refractivity contribution in [1.82, 2.24) is 0 Å². The lowest BCUT2D eigenvalue weighted by atomic mass is 9.65. The lowest BCUT2D eigenvalue weighted by molar-refractivity contribution is -0.146. The average Bonchev–Trinajstić information content (AvgIpc) is 3.16. The van der Waals surface area contributed by atoms with Crippen LogP contribution in [0.1, 0.15) is 55.0 Å². The lowest BCUT2D eigenvalue weighted by Crippen LogP contribution is -2.43. The molecular formula is C28H25NO2. The molecule has 3 aromatic rings. The van der Waals surface area contributed by atoms with Gasteiger partial charge in [-0.05, 0) is 41.7 Å². The molecule has 0 amide bonds. The van der Waals surface area contributed by atoms with Crippen molar-refractivity contribution in [2.24, 2.45) is 0 Å². The van der Waals surface area contributed by atoms with Crippen molar-refractivity contribution < 1.29 is 9.53 Å². The predicted molar refractivity (Wildman–Crippen MR) is 121 cm³/mol. The number of aryl methyl sites for hydroxylation is 1. The Morgan fingerprint density at radius 1 is 0.871 bits per heavy atom. The molecule has 3 heteroatoms. The number of rotatable bonds is 2. The summed E-state index contributed by atoms with van der Waals surface area (Å²) in [5, 5.41) is 10.4. The van der Waals surface area contributed by atoms with Crippen LogP contribution in [0.15, 0.2) is 66.7 Å². The molecule has 1 aliphatic heterocycles. The fourth-order valence-electron chi connectivity index (χ4n) is 5.55. The highest BCUT2D eigenvalue weighted by Crippen LogP contribution is 2.55. The van der Waals surface area contributed by atoms with Gasteiger partial charge in [0.1, 0.15) is 6.07 Å². The van der Waals surface area contributed by atoms with E-state index in [0.717, 1.165) is 16.7 Å². The number of cyclic esters (lactones) is 1. The van der Waals surface area contributed by atoms with Gasteiger partial charge in [0, 0.05) is 11.0 Å². The Bertz CT molecular complexity index is 1280. The van der Waals surface area contributed by atoms with Gasteiger partial charge < -0.3 is 4.74 Å². The van der Waals surface area contributed by atoms with Gasteiger partial charge in [-0.15, -0.1) is 0 Å². The molecule has 1 heterocycles. The van der Waals surface area contributed by atoms with Crippen molar-refractivity contribution in [3.63, 3.8) is 0 Å². The molecule has 2 atom stereocenters. The summed E-state index contributed by atoms with van der Waals surface area (Å²) in [6, 6.07) is 25.0. The second-order valence-corrected chi connectivity index (χ2v) is 9.58. The van der Waals surface area contributed by atoms with Gasteiger partial charge >= 0.3 is 5.97 Å². The third-order valence-corrected chi connectivity index (χ3v) is 7.34. The Kier molecular flexibility index (Phi) is 3.98. The van der Waals surface area contributed by atoms with Crippen LogP contribution in [0.4, 0.5) is 0 Å². The van der Waals surface area contributed by atoms with E-state index < -0.39 is 11.0 Å². The van der Waals surface area contributed by atoms with Crippen molar-refractivity contribution in [2.45, 2.75) is 50.5 Å². The summed E-state index contributed by atoms with van der Waals surface area (Å²) >= 11 is 0. The number of carbonyl (C=O) groups is 1. The second kappa shape index (κ2) is 6.31. The van der Waals surface area contributed by atoms with E-state index in [1.807, 2.05) is 38.1 Å². The van der Waals surface area contributed by atoms with Crippen molar-refractivity contribution in [1.29, 1.82) is 5.26 Å². The maximum atomic E-state index is 12.6. The summed E-state index contributed by atoms with van der Waals surface area (Å²) in [5.74, 6) is -0.341. The monoisotopic (exact) mass is 407 g/mol. The van der Waals surface area contributed by atoms with E-state index in [2.05, 4.69) is 62.4 Å². The first-order valence-electron chi connectivity index (χ1n) is 10.7. The zero-order chi connectivity index (χ0) is 22.0. The maximum absolute atomic E-state index is 12.6.